The molecule has 1 heterocycles. The molecule has 0 aliphatic rings. The highest BCUT2D eigenvalue weighted by Gasteiger charge is 2.31. The molecule has 0 saturated heterocycles. The Bertz CT molecular complexity index is 332. The van der Waals surface area contributed by atoms with Crippen molar-refractivity contribution in [2.45, 2.75) is 51.7 Å². The van der Waals surface area contributed by atoms with Gasteiger partial charge >= 0.3 is 0 Å². The summed E-state index contributed by atoms with van der Waals surface area (Å²) >= 11 is 0. The Balaban J connectivity index is 2.94. The largest absolute Gasteiger partial charge is 0.393 e. The predicted molar refractivity (Wildman–Crippen MR) is 59.0 cm³/mol. The van der Waals surface area contributed by atoms with Crippen LogP contribution in [0.2, 0.25) is 0 Å². The number of aromatic nitrogens is 2. The molecule has 92 valence electrons. The van der Waals surface area contributed by atoms with Crippen LogP contribution in [0.5, 0.6) is 0 Å². The maximum absolute atomic E-state index is 9.44. The molecule has 0 bridgehead atoms. The molecule has 3 atom stereocenters. The van der Waals surface area contributed by atoms with Crippen molar-refractivity contribution >= 4 is 0 Å². The summed E-state index contributed by atoms with van der Waals surface area (Å²) in [6.45, 7) is 7.45. The summed E-state index contributed by atoms with van der Waals surface area (Å²) < 4.78 is 10.5. The fourth-order valence-corrected chi connectivity index (χ4v) is 1.24. The number of hydrogen-bond donors (Lipinski definition) is 1. The maximum Gasteiger partial charge on any atom is 0.232 e. The molecular weight excluding hydrogens is 208 g/mol. The molecule has 1 aromatic heterocycles. The molecule has 0 aromatic carbocycles. The first-order valence-electron chi connectivity index (χ1n) is 5.52. The third-order valence-electron chi connectivity index (χ3n) is 3.15. The number of aliphatic hydroxyl groups excluding tert-OH is 1. The number of aliphatic hydroxyl groups is 1. The van der Waals surface area contributed by atoms with Gasteiger partial charge in [0.1, 0.15) is 5.60 Å². The van der Waals surface area contributed by atoms with E-state index >= 15 is 0 Å². The number of ether oxygens (including phenoxy) is 1. The van der Waals surface area contributed by atoms with Gasteiger partial charge < -0.3 is 14.4 Å². The third kappa shape index (κ3) is 2.41. The fraction of sp³-hybridized carbons (Fsp3) is 0.818. The molecule has 16 heavy (non-hydrogen) atoms. The highest BCUT2D eigenvalue weighted by molar-refractivity contribution is 5.02. The van der Waals surface area contributed by atoms with E-state index in [1.165, 1.54) is 0 Å². The van der Waals surface area contributed by atoms with Crippen LogP contribution in [-0.2, 0) is 10.3 Å². The van der Waals surface area contributed by atoms with E-state index in [0.717, 1.165) is 6.42 Å². The van der Waals surface area contributed by atoms with E-state index < -0.39 is 11.7 Å². The quantitative estimate of drug-likeness (QED) is 0.832. The lowest BCUT2D eigenvalue weighted by Crippen LogP contribution is -2.25. The van der Waals surface area contributed by atoms with Crippen LogP contribution in [0, 0.1) is 0 Å². The average molecular weight is 228 g/mol. The van der Waals surface area contributed by atoms with Crippen LogP contribution in [0.3, 0.4) is 0 Å². The average Bonchev–Trinajstić information content (AvgIpc) is 2.76. The first kappa shape index (κ1) is 13.1. The number of hydrogen-bond acceptors (Lipinski definition) is 5. The van der Waals surface area contributed by atoms with Crippen molar-refractivity contribution in [2.75, 3.05) is 7.11 Å². The summed E-state index contributed by atoms with van der Waals surface area (Å²) in [5.74, 6) is 0.806. The van der Waals surface area contributed by atoms with Crippen LogP contribution in [0.4, 0.5) is 0 Å². The van der Waals surface area contributed by atoms with Crippen LogP contribution >= 0.6 is 0 Å². The van der Waals surface area contributed by atoms with E-state index in [1.54, 1.807) is 14.0 Å². The van der Waals surface area contributed by atoms with Gasteiger partial charge in [0.2, 0.25) is 11.7 Å². The van der Waals surface area contributed by atoms with Gasteiger partial charge in [-0.1, -0.05) is 19.0 Å². The van der Waals surface area contributed by atoms with E-state index in [4.69, 9.17) is 9.26 Å². The standard InChI is InChI=1S/C11H20N2O3/c1-6-11(4,15-5)10-12-9(16-13-10)7(2)8(3)14/h7-8,14H,6H2,1-5H3. The number of methoxy groups -OCH3 is 1. The van der Waals surface area contributed by atoms with Gasteiger partial charge in [0.25, 0.3) is 0 Å². The normalized spacial score (nSPS) is 19.1. The summed E-state index contributed by atoms with van der Waals surface area (Å²) in [6, 6.07) is 0. The van der Waals surface area contributed by atoms with Gasteiger partial charge in [-0.05, 0) is 20.3 Å². The highest BCUT2D eigenvalue weighted by Crippen LogP contribution is 2.27. The molecule has 0 saturated carbocycles. The monoisotopic (exact) mass is 228 g/mol. The van der Waals surface area contributed by atoms with Gasteiger partial charge in [-0.25, -0.2) is 0 Å². The first-order valence-corrected chi connectivity index (χ1v) is 5.52. The molecular formula is C11H20N2O3. The summed E-state index contributed by atoms with van der Waals surface area (Å²) in [6.07, 6.45) is 0.245. The maximum atomic E-state index is 9.44. The van der Waals surface area contributed by atoms with Gasteiger partial charge in [0.05, 0.1) is 12.0 Å². The second-order valence-corrected chi connectivity index (χ2v) is 4.27. The van der Waals surface area contributed by atoms with Crippen molar-refractivity contribution in [2.24, 2.45) is 0 Å². The lowest BCUT2D eigenvalue weighted by Gasteiger charge is -2.21. The van der Waals surface area contributed by atoms with Gasteiger partial charge in [0.15, 0.2) is 0 Å². The molecule has 0 radical (unpaired) electrons. The Morgan fingerprint density at radius 2 is 2.12 bits per heavy atom. The van der Waals surface area contributed by atoms with Gasteiger partial charge in [-0.3, -0.25) is 0 Å². The summed E-state index contributed by atoms with van der Waals surface area (Å²) in [4.78, 5) is 4.28. The van der Waals surface area contributed by atoms with Crippen LogP contribution in [0.1, 0.15) is 51.7 Å². The molecule has 5 heteroatoms. The molecule has 1 N–H and O–H groups in total. The lowest BCUT2D eigenvalue weighted by molar-refractivity contribution is -0.0106. The van der Waals surface area contributed by atoms with E-state index in [2.05, 4.69) is 10.1 Å². The van der Waals surface area contributed by atoms with Crippen molar-refractivity contribution in [1.82, 2.24) is 10.1 Å². The smallest absolute Gasteiger partial charge is 0.232 e. The van der Waals surface area contributed by atoms with Crippen LogP contribution in [0.15, 0.2) is 4.52 Å². The Kier molecular flexibility index (Phi) is 4.04. The molecule has 1 aromatic rings. The van der Waals surface area contributed by atoms with Gasteiger partial charge in [-0.2, -0.15) is 4.98 Å². The van der Waals surface area contributed by atoms with Crippen LogP contribution in [-0.4, -0.2) is 28.5 Å². The Morgan fingerprint density at radius 3 is 2.56 bits per heavy atom. The Morgan fingerprint density at radius 1 is 1.50 bits per heavy atom. The molecule has 0 aliphatic heterocycles. The molecule has 1 rings (SSSR count). The fourth-order valence-electron chi connectivity index (χ4n) is 1.24. The molecule has 0 amide bonds. The first-order chi connectivity index (χ1) is 7.44. The van der Waals surface area contributed by atoms with E-state index in [-0.39, 0.29) is 5.92 Å². The van der Waals surface area contributed by atoms with Gasteiger partial charge in [0, 0.05) is 7.11 Å². The second kappa shape index (κ2) is 4.93. The highest BCUT2D eigenvalue weighted by atomic mass is 16.5. The Hall–Kier alpha value is -0.940. The number of rotatable bonds is 5. The minimum absolute atomic E-state index is 0.167. The molecule has 3 unspecified atom stereocenters. The topological polar surface area (TPSA) is 68.4 Å². The zero-order valence-corrected chi connectivity index (χ0v) is 10.5. The predicted octanol–water partition coefficient (Wildman–Crippen LogP) is 1.83. The van der Waals surface area contributed by atoms with E-state index in [0.29, 0.717) is 11.7 Å². The molecule has 0 spiro atoms. The third-order valence-corrected chi connectivity index (χ3v) is 3.15. The SMILES string of the molecule is CCC(C)(OC)c1noc(C(C)C(C)O)n1. The van der Waals surface area contributed by atoms with Crippen molar-refractivity contribution in [3.8, 4) is 0 Å². The summed E-state index contributed by atoms with van der Waals surface area (Å²) in [5.41, 5.74) is -0.528. The van der Waals surface area contributed by atoms with Crippen molar-refractivity contribution in [3.63, 3.8) is 0 Å². The number of nitrogens with zero attached hydrogens (tertiary/aromatic N) is 2. The minimum Gasteiger partial charge on any atom is -0.393 e. The molecule has 5 nitrogen and oxygen atoms in total. The zero-order chi connectivity index (χ0) is 12.3. The Labute approximate surface area is 95.8 Å². The lowest BCUT2D eigenvalue weighted by atomic mass is 10.0. The van der Waals surface area contributed by atoms with Crippen molar-refractivity contribution in [3.05, 3.63) is 11.7 Å². The molecule has 0 aliphatic carbocycles. The second-order valence-electron chi connectivity index (χ2n) is 4.27. The zero-order valence-electron chi connectivity index (χ0n) is 10.5. The van der Waals surface area contributed by atoms with Crippen LogP contribution in [0.25, 0.3) is 0 Å². The summed E-state index contributed by atoms with van der Waals surface area (Å²) in [7, 11) is 1.62. The van der Waals surface area contributed by atoms with Gasteiger partial charge in [-0.15, -0.1) is 0 Å². The minimum atomic E-state index is -0.528. The van der Waals surface area contributed by atoms with Crippen molar-refractivity contribution < 1.29 is 14.4 Å². The summed E-state index contributed by atoms with van der Waals surface area (Å²) in [5, 5.41) is 13.4. The van der Waals surface area contributed by atoms with Crippen molar-refractivity contribution in [1.29, 1.82) is 0 Å². The van der Waals surface area contributed by atoms with E-state index in [1.807, 2.05) is 20.8 Å². The van der Waals surface area contributed by atoms with E-state index in [9.17, 15) is 5.11 Å². The molecule has 0 fully saturated rings. The van der Waals surface area contributed by atoms with Crippen LogP contribution < -0.4 is 0 Å².